The molecule has 4 aliphatic rings. The number of azo groups is 1. The SMILES string of the molecule is CCOc1cccc([C@H]2C3=CC[C@@H]4C(=O)N(c5ccc(N=Nc6ccc(N(C)C)cc6)cc5)C(=O)[C@@H]4[C@@H]3CC3=C2C(=O)C=C(C)C3=O)c1O. The van der Waals surface area contributed by atoms with Crippen LogP contribution in [0.15, 0.2) is 111 Å². The number of anilines is 2. The Labute approximate surface area is 284 Å². The van der Waals surface area contributed by atoms with Crippen LogP contribution in [0, 0.1) is 17.8 Å². The van der Waals surface area contributed by atoms with Gasteiger partial charge in [-0.3, -0.25) is 24.1 Å². The molecule has 1 fully saturated rings. The number of Topliss-reactive ketones (excluding diaryl/α,β-unsaturated/α-hetero) is 1. The standard InChI is InChI=1S/C39H36N4O6/c1-5-49-32-8-6-7-27(37(32)46)33-26-17-18-28-34(29(26)20-30-35(33)31(44)19-21(2)36(30)45)39(48)43(38(28)47)25-15-11-23(12-16-25)41-40-22-9-13-24(14-10-22)42(3)4/h6-17,19,28-29,33-34,46H,5,18,20H2,1-4H3/t28-,29+,33+,34-/m0/s1. The zero-order chi connectivity index (χ0) is 34.6. The number of benzene rings is 3. The van der Waals surface area contributed by atoms with E-state index < -0.39 is 23.7 Å². The van der Waals surface area contributed by atoms with Crippen LogP contribution in [0.1, 0.15) is 38.2 Å². The molecule has 1 saturated heterocycles. The van der Waals surface area contributed by atoms with E-state index >= 15 is 0 Å². The summed E-state index contributed by atoms with van der Waals surface area (Å²) in [7, 11) is 3.93. The second kappa shape index (κ2) is 12.4. The Kier molecular flexibility index (Phi) is 8.10. The molecular formula is C39H36N4O6. The summed E-state index contributed by atoms with van der Waals surface area (Å²) in [5.74, 6) is -3.70. The average Bonchev–Trinajstić information content (AvgIpc) is 3.36. The highest BCUT2D eigenvalue weighted by molar-refractivity contribution is 6.25. The first-order valence-corrected chi connectivity index (χ1v) is 16.4. The van der Waals surface area contributed by atoms with E-state index in [1.54, 1.807) is 49.4 Å². The zero-order valence-corrected chi connectivity index (χ0v) is 27.7. The third-order valence-corrected chi connectivity index (χ3v) is 9.96. The van der Waals surface area contributed by atoms with Crippen LogP contribution in [0.4, 0.5) is 22.7 Å². The number of hydrogen-bond acceptors (Lipinski definition) is 9. The highest BCUT2D eigenvalue weighted by Gasteiger charge is 2.56. The highest BCUT2D eigenvalue weighted by Crippen LogP contribution is 2.57. The number of rotatable bonds is 7. The number of hydrogen-bond donors (Lipinski definition) is 1. The second-order valence-corrected chi connectivity index (χ2v) is 13.0. The molecule has 0 aromatic heterocycles. The normalized spacial score (nSPS) is 23.3. The summed E-state index contributed by atoms with van der Waals surface area (Å²) in [6.07, 6.45) is 3.72. The van der Waals surface area contributed by atoms with E-state index in [1.165, 1.54) is 11.0 Å². The fourth-order valence-electron chi connectivity index (χ4n) is 7.64. The topological polar surface area (TPSA) is 129 Å². The molecule has 0 bridgehead atoms. The van der Waals surface area contributed by atoms with Crippen LogP contribution >= 0.6 is 0 Å². The maximum atomic E-state index is 14.3. The smallest absolute Gasteiger partial charge is 0.238 e. The largest absolute Gasteiger partial charge is 0.504 e. The van der Waals surface area contributed by atoms with E-state index in [0.29, 0.717) is 52.4 Å². The van der Waals surface area contributed by atoms with Crippen molar-refractivity contribution in [1.82, 2.24) is 0 Å². The number of carbonyl (C=O) groups excluding carboxylic acids is 4. The number of phenols is 1. The van der Waals surface area contributed by atoms with Crippen molar-refractivity contribution >= 4 is 46.1 Å². The first-order valence-electron chi connectivity index (χ1n) is 16.4. The molecule has 7 rings (SSSR count). The predicted octanol–water partition coefficient (Wildman–Crippen LogP) is 6.91. The van der Waals surface area contributed by atoms with Crippen LogP contribution in [0.2, 0.25) is 0 Å². The Hall–Kier alpha value is -5.64. The van der Waals surface area contributed by atoms with Crippen LogP contribution in [0.3, 0.4) is 0 Å². The monoisotopic (exact) mass is 656 g/mol. The van der Waals surface area contributed by atoms with Crippen molar-refractivity contribution in [3.63, 3.8) is 0 Å². The van der Waals surface area contributed by atoms with Crippen molar-refractivity contribution in [3.8, 4) is 11.5 Å². The number of ketones is 2. The van der Waals surface area contributed by atoms with Crippen LogP contribution < -0.4 is 14.5 Å². The van der Waals surface area contributed by atoms with Crippen molar-refractivity contribution in [3.05, 3.63) is 107 Å². The van der Waals surface area contributed by atoms with E-state index in [1.807, 2.05) is 56.3 Å². The van der Waals surface area contributed by atoms with Crippen molar-refractivity contribution in [2.24, 2.45) is 28.0 Å². The van der Waals surface area contributed by atoms with Gasteiger partial charge in [-0.2, -0.15) is 10.2 Å². The van der Waals surface area contributed by atoms with Crippen molar-refractivity contribution in [2.75, 3.05) is 30.5 Å². The minimum atomic E-state index is -0.767. The molecule has 2 amide bonds. The lowest BCUT2D eigenvalue weighted by Gasteiger charge is -2.42. The molecule has 1 N–H and O–H groups in total. The molecule has 3 aliphatic carbocycles. The Morgan fingerprint density at radius 1 is 0.898 bits per heavy atom. The lowest BCUT2D eigenvalue weighted by molar-refractivity contribution is -0.123. The molecule has 248 valence electrons. The third-order valence-electron chi connectivity index (χ3n) is 9.96. The van der Waals surface area contributed by atoms with Crippen LogP contribution in [0.25, 0.3) is 0 Å². The Balaban J connectivity index is 1.21. The van der Waals surface area contributed by atoms with E-state index in [0.717, 1.165) is 11.3 Å². The Morgan fingerprint density at radius 3 is 2.22 bits per heavy atom. The van der Waals surface area contributed by atoms with E-state index in [4.69, 9.17) is 4.74 Å². The first kappa shape index (κ1) is 31.9. The number of amides is 2. The fourth-order valence-corrected chi connectivity index (χ4v) is 7.64. The van der Waals surface area contributed by atoms with Gasteiger partial charge in [0.25, 0.3) is 0 Å². The predicted molar refractivity (Wildman–Crippen MR) is 184 cm³/mol. The summed E-state index contributed by atoms with van der Waals surface area (Å²) in [6, 6.07) is 19.5. The van der Waals surface area contributed by atoms with Crippen molar-refractivity contribution in [2.45, 2.75) is 32.6 Å². The maximum Gasteiger partial charge on any atom is 0.238 e. The quantitative estimate of drug-likeness (QED) is 0.127. The van der Waals surface area contributed by atoms with Gasteiger partial charge in [-0.1, -0.05) is 23.8 Å². The minimum absolute atomic E-state index is 0.116. The fraction of sp³-hybridized carbons (Fsp3) is 0.282. The van der Waals surface area contributed by atoms with Crippen molar-refractivity contribution < 1.29 is 29.0 Å². The molecule has 10 nitrogen and oxygen atoms in total. The summed E-state index contributed by atoms with van der Waals surface area (Å²) < 4.78 is 5.66. The number of allylic oxidation sites excluding steroid dienone is 6. The van der Waals surface area contributed by atoms with Crippen LogP contribution in [-0.2, 0) is 19.2 Å². The van der Waals surface area contributed by atoms with Crippen LogP contribution in [-0.4, -0.2) is 49.2 Å². The number of nitrogens with zero attached hydrogens (tertiary/aromatic N) is 4. The van der Waals surface area contributed by atoms with E-state index in [-0.39, 0.29) is 41.3 Å². The van der Waals surface area contributed by atoms with Gasteiger partial charge in [0.05, 0.1) is 35.5 Å². The molecule has 49 heavy (non-hydrogen) atoms. The van der Waals surface area contributed by atoms with Crippen LogP contribution in [0.5, 0.6) is 11.5 Å². The van der Waals surface area contributed by atoms with Gasteiger partial charge in [0, 0.05) is 48.0 Å². The summed E-state index contributed by atoms with van der Waals surface area (Å²) in [4.78, 5) is 58.6. The molecule has 0 radical (unpaired) electrons. The number of imide groups is 1. The number of fused-ring (bicyclic) bond motifs is 3. The molecular weight excluding hydrogens is 620 g/mol. The molecule has 10 heteroatoms. The summed E-state index contributed by atoms with van der Waals surface area (Å²) >= 11 is 0. The molecule has 0 saturated carbocycles. The molecule has 3 aromatic carbocycles. The Morgan fingerprint density at radius 2 is 1.57 bits per heavy atom. The number of ether oxygens (including phenoxy) is 1. The van der Waals surface area contributed by atoms with E-state index in [9.17, 15) is 24.3 Å². The molecule has 0 spiro atoms. The first-order chi connectivity index (χ1) is 23.6. The number of phenolic OH excluding ortho intramolecular Hbond substituents is 1. The highest BCUT2D eigenvalue weighted by atomic mass is 16.5. The molecule has 4 atom stereocenters. The lowest BCUT2D eigenvalue weighted by Crippen LogP contribution is -2.39. The van der Waals surface area contributed by atoms with E-state index in [2.05, 4.69) is 10.2 Å². The zero-order valence-electron chi connectivity index (χ0n) is 27.7. The Bertz CT molecular complexity index is 2020. The molecule has 1 heterocycles. The average molecular weight is 657 g/mol. The van der Waals surface area contributed by atoms with Gasteiger partial charge in [-0.25, -0.2) is 0 Å². The minimum Gasteiger partial charge on any atom is -0.504 e. The third kappa shape index (κ3) is 5.37. The molecule has 3 aromatic rings. The van der Waals surface area contributed by atoms with Gasteiger partial charge in [-0.05, 0) is 93.3 Å². The molecule has 1 aliphatic heterocycles. The lowest BCUT2D eigenvalue weighted by atomic mass is 9.59. The van der Waals surface area contributed by atoms with Gasteiger partial charge in [-0.15, -0.1) is 0 Å². The van der Waals surface area contributed by atoms with Gasteiger partial charge in [0.1, 0.15) is 0 Å². The van der Waals surface area contributed by atoms with Gasteiger partial charge >= 0.3 is 0 Å². The number of para-hydroxylation sites is 1. The molecule has 0 unspecified atom stereocenters. The number of aromatic hydroxyl groups is 1. The number of carbonyl (C=O) groups is 4. The van der Waals surface area contributed by atoms with Crippen molar-refractivity contribution in [1.29, 1.82) is 0 Å². The van der Waals surface area contributed by atoms with Gasteiger partial charge in [0.15, 0.2) is 23.1 Å². The van der Waals surface area contributed by atoms with Gasteiger partial charge in [0.2, 0.25) is 11.8 Å². The summed E-state index contributed by atoms with van der Waals surface area (Å²) in [5, 5.41) is 20.0. The van der Waals surface area contributed by atoms with Gasteiger partial charge < -0.3 is 14.7 Å². The summed E-state index contributed by atoms with van der Waals surface area (Å²) in [6.45, 7) is 3.74. The second-order valence-electron chi connectivity index (χ2n) is 13.0. The summed E-state index contributed by atoms with van der Waals surface area (Å²) in [5.41, 5.74) is 4.89. The maximum absolute atomic E-state index is 14.3.